The van der Waals surface area contributed by atoms with E-state index in [0.717, 1.165) is 38.2 Å². The lowest BCUT2D eigenvalue weighted by molar-refractivity contribution is -0.120. The van der Waals surface area contributed by atoms with Crippen molar-refractivity contribution in [1.82, 2.24) is 10.2 Å². The molecule has 6 nitrogen and oxygen atoms in total. The first-order chi connectivity index (χ1) is 11.1. The number of rotatable bonds is 6. The van der Waals surface area contributed by atoms with E-state index in [1.807, 2.05) is 6.07 Å². The molecule has 0 aromatic heterocycles. The predicted octanol–water partition coefficient (Wildman–Crippen LogP) is 1.49. The molecule has 0 saturated carbocycles. The molecule has 1 aliphatic rings. The molecule has 2 N–H and O–H groups in total. The molecule has 0 radical (unpaired) electrons. The number of piperidine rings is 1. The Balaban J connectivity index is 1.77. The average Bonchev–Trinajstić information content (AvgIpc) is 2.60. The second-order valence-electron chi connectivity index (χ2n) is 5.70. The Labute approximate surface area is 137 Å². The normalized spacial score (nSPS) is 15.9. The highest BCUT2D eigenvalue weighted by Crippen LogP contribution is 2.12. The van der Waals surface area contributed by atoms with Crippen molar-refractivity contribution in [3.8, 4) is 0 Å². The van der Waals surface area contributed by atoms with E-state index in [4.69, 9.17) is 0 Å². The summed E-state index contributed by atoms with van der Waals surface area (Å²) in [6, 6.07) is 7.19. The van der Waals surface area contributed by atoms with Crippen LogP contribution in [0.15, 0.2) is 24.3 Å². The van der Waals surface area contributed by atoms with Gasteiger partial charge in [0.2, 0.25) is 5.91 Å². The minimum atomic E-state index is -0.388. The van der Waals surface area contributed by atoms with Crippen LogP contribution in [0.2, 0.25) is 0 Å². The third kappa shape index (κ3) is 5.25. The highest BCUT2D eigenvalue weighted by molar-refractivity contribution is 5.90. The van der Waals surface area contributed by atoms with Gasteiger partial charge in [-0.1, -0.05) is 13.0 Å². The van der Waals surface area contributed by atoms with Crippen LogP contribution >= 0.6 is 0 Å². The molecule has 126 valence electrons. The predicted molar refractivity (Wildman–Crippen MR) is 89.5 cm³/mol. The fourth-order valence-corrected chi connectivity index (χ4v) is 2.73. The van der Waals surface area contributed by atoms with Crippen molar-refractivity contribution in [2.24, 2.45) is 0 Å². The number of nitrogens with one attached hydrogen (secondary N) is 2. The zero-order chi connectivity index (χ0) is 16.7. The van der Waals surface area contributed by atoms with Crippen molar-refractivity contribution in [2.45, 2.75) is 25.8 Å². The maximum Gasteiger partial charge on any atom is 0.337 e. The zero-order valence-corrected chi connectivity index (χ0v) is 13.8. The molecule has 2 rings (SSSR count). The Morgan fingerprint density at radius 1 is 1.30 bits per heavy atom. The fourth-order valence-electron chi connectivity index (χ4n) is 2.73. The van der Waals surface area contributed by atoms with Gasteiger partial charge in [0.05, 0.1) is 19.2 Å². The van der Waals surface area contributed by atoms with Gasteiger partial charge in [-0.2, -0.15) is 0 Å². The van der Waals surface area contributed by atoms with Crippen LogP contribution in [0, 0.1) is 0 Å². The Kier molecular flexibility index (Phi) is 6.40. The van der Waals surface area contributed by atoms with Crippen molar-refractivity contribution in [3.63, 3.8) is 0 Å². The van der Waals surface area contributed by atoms with Gasteiger partial charge in [-0.25, -0.2) is 4.79 Å². The number of nitrogens with zero attached hydrogens (tertiary/aromatic N) is 1. The summed E-state index contributed by atoms with van der Waals surface area (Å²) in [5.74, 6) is -0.413. The number of ether oxygens (including phenoxy) is 1. The number of carbonyl (C=O) groups is 2. The van der Waals surface area contributed by atoms with Crippen LogP contribution in [-0.4, -0.2) is 56.1 Å². The largest absolute Gasteiger partial charge is 0.465 e. The highest BCUT2D eigenvalue weighted by atomic mass is 16.5. The molecule has 0 spiro atoms. The lowest BCUT2D eigenvalue weighted by atomic mass is 10.1. The Bertz CT molecular complexity index is 540. The SMILES string of the molecule is CCN1CCC(NC(=O)CNc2cccc(C(=O)OC)c2)CC1. The van der Waals surface area contributed by atoms with Crippen LogP contribution in [0.4, 0.5) is 5.69 Å². The summed E-state index contributed by atoms with van der Waals surface area (Å²) in [4.78, 5) is 25.9. The molecule has 6 heteroatoms. The van der Waals surface area contributed by atoms with Crippen LogP contribution in [-0.2, 0) is 9.53 Å². The fraction of sp³-hybridized carbons (Fsp3) is 0.529. The van der Waals surface area contributed by atoms with Gasteiger partial charge in [-0.05, 0) is 37.6 Å². The first-order valence-corrected chi connectivity index (χ1v) is 8.06. The van der Waals surface area contributed by atoms with Gasteiger partial charge in [0.15, 0.2) is 0 Å². The molecular formula is C17H25N3O3. The average molecular weight is 319 g/mol. The van der Waals surface area contributed by atoms with Crippen molar-refractivity contribution >= 4 is 17.6 Å². The summed E-state index contributed by atoms with van der Waals surface area (Å²) >= 11 is 0. The van der Waals surface area contributed by atoms with E-state index in [2.05, 4.69) is 27.2 Å². The van der Waals surface area contributed by atoms with E-state index in [0.29, 0.717) is 5.56 Å². The highest BCUT2D eigenvalue weighted by Gasteiger charge is 2.19. The molecule has 1 aromatic carbocycles. The molecule has 0 aliphatic carbocycles. The molecule has 1 saturated heterocycles. The summed E-state index contributed by atoms with van der Waals surface area (Å²) in [6.07, 6.45) is 1.99. The van der Waals surface area contributed by atoms with Crippen molar-refractivity contribution in [3.05, 3.63) is 29.8 Å². The van der Waals surface area contributed by atoms with Crippen LogP contribution < -0.4 is 10.6 Å². The number of hydrogen-bond acceptors (Lipinski definition) is 5. The summed E-state index contributed by atoms with van der Waals surface area (Å²) < 4.78 is 4.69. The summed E-state index contributed by atoms with van der Waals surface area (Å²) in [7, 11) is 1.35. The van der Waals surface area contributed by atoms with Crippen LogP contribution in [0.5, 0.6) is 0 Å². The minimum absolute atomic E-state index is 0.0246. The number of esters is 1. The van der Waals surface area contributed by atoms with Crippen LogP contribution in [0.25, 0.3) is 0 Å². The molecule has 0 bridgehead atoms. The molecule has 0 unspecified atom stereocenters. The van der Waals surface area contributed by atoms with Gasteiger partial charge in [-0.15, -0.1) is 0 Å². The van der Waals surface area contributed by atoms with Gasteiger partial charge < -0.3 is 20.3 Å². The van der Waals surface area contributed by atoms with E-state index < -0.39 is 0 Å². The van der Waals surface area contributed by atoms with E-state index in [-0.39, 0.29) is 24.5 Å². The van der Waals surface area contributed by atoms with Gasteiger partial charge in [0, 0.05) is 24.8 Å². The van der Waals surface area contributed by atoms with E-state index in [9.17, 15) is 9.59 Å². The van der Waals surface area contributed by atoms with Crippen molar-refractivity contribution < 1.29 is 14.3 Å². The molecule has 23 heavy (non-hydrogen) atoms. The maximum atomic E-state index is 12.0. The number of carbonyl (C=O) groups excluding carboxylic acids is 2. The van der Waals surface area contributed by atoms with E-state index >= 15 is 0 Å². The minimum Gasteiger partial charge on any atom is -0.465 e. The van der Waals surface area contributed by atoms with E-state index in [1.54, 1.807) is 18.2 Å². The first-order valence-electron chi connectivity index (χ1n) is 8.06. The summed E-state index contributed by atoms with van der Waals surface area (Å²) in [5, 5.41) is 6.11. The van der Waals surface area contributed by atoms with Crippen molar-refractivity contribution in [2.75, 3.05) is 38.6 Å². The van der Waals surface area contributed by atoms with Crippen LogP contribution in [0.3, 0.4) is 0 Å². The summed E-state index contributed by atoms with van der Waals surface area (Å²) in [6.45, 7) is 5.49. The number of benzene rings is 1. The first kappa shape index (κ1) is 17.3. The third-order valence-corrected chi connectivity index (χ3v) is 4.14. The second-order valence-corrected chi connectivity index (χ2v) is 5.70. The van der Waals surface area contributed by atoms with Gasteiger partial charge in [0.25, 0.3) is 0 Å². The molecule has 1 fully saturated rings. The van der Waals surface area contributed by atoms with E-state index in [1.165, 1.54) is 7.11 Å². The van der Waals surface area contributed by atoms with Crippen molar-refractivity contribution in [1.29, 1.82) is 0 Å². The Hall–Kier alpha value is -2.08. The van der Waals surface area contributed by atoms with Gasteiger partial charge in [-0.3, -0.25) is 4.79 Å². The Morgan fingerprint density at radius 3 is 2.70 bits per heavy atom. The molecule has 1 heterocycles. The lowest BCUT2D eigenvalue weighted by Gasteiger charge is -2.31. The monoisotopic (exact) mass is 319 g/mol. The zero-order valence-electron chi connectivity index (χ0n) is 13.8. The lowest BCUT2D eigenvalue weighted by Crippen LogP contribution is -2.45. The molecule has 1 amide bonds. The number of amides is 1. The van der Waals surface area contributed by atoms with Crippen LogP contribution in [0.1, 0.15) is 30.1 Å². The number of anilines is 1. The Morgan fingerprint density at radius 2 is 2.04 bits per heavy atom. The number of hydrogen-bond donors (Lipinski definition) is 2. The maximum absolute atomic E-state index is 12.0. The topological polar surface area (TPSA) is 70.7 Å². The summed E-state index contributed by atoms with van der Waals surface area (Å²) in [5.41, 5.74) is 1.19. The van der Waals surface area contributed by atoms with Gasteiger partial charge >= 0.3 is 5.97 Å². The molecular weight excluding hydrogens is 294 g/mol. The number of methoxy groups -OCH3 is 1. The molecule has 1 aromatic rings. The standard InChI is InChI=1S/C17H25N3O3/c1-3-20-9-7-14(8-10-20)19-16(21)12-18-15-6-4-5-13(11-15)17(22)23-2/h4-6,11,14,18H,3,7-10,12H2,1-2H3,(H,19,21). The molecule has 0 atom stereocenters. The van der Waals surface area contributed by atoms with Gasteiger partial charge in [0.1, 0.15) is 0 Å². The second kappa shape index (κ2) is 8.53. The smallest absolute Gasteiger partial charge is 0.337 e. The number of likely N-dealkylation sites (tertiary alicyclic amines) is 1. The quantitative estimate of drug-likeness (QED) is 0.777. The molecule has 1 aliphatic heterocycles. The third-order valence-electron chi connectivity index (χ3n) is 4.14.